The van der Waals surface area contributed by atoms with Crippen molar-refractivity contribution in [1.82, 2.24) is 9.38 Å². The van der Waals surface area contributed by atoms with Gasteiger partial charge in [-0.05, 0) is 44.5 Å². The summed E-state index contributed by atoms with van der Waals surface area (Å²) in [6, 6.07) is 14.1. The monoisotopic (exact) mass is 465 g/mol. The number of nitrogens with one attached hydrogen (secondary N) is 1. The normalized spacial score (nSPS) is 10.9. The fraction of sp³-hybridized carbons (Fsp3) is 0.280. The second-order valence-corrected chi connectivity index (χ2v) is 8.55. The number of hydrogen-bond acceptors (Lipinski definition) is 7. The number of aryl methyl sites for hydroxylation is 2. The van der Waals surface area contributed by atoms with Crippen LogP contribution in [0.3, 0.4) is 0 Å². The van der Waals surface area contributed by atoms with Crippen LogP contribution in [0.25, 0.3) is 16.2 Å². The van der Waals surface area contributed by atoms with Gasteiger partial charge in [-0.2, -0.15) is 0 Å². The first-order chi connectivity index (χ1) is 16.0. The van der Waals surface area contributed by atoms with Crippen molar-refractivity contribution in [1.29, 1.82) is 0 Å². The predicted octanol–water partition coefficient (Wildman–Crippen LogP) is 5.49. The van der Waals surface area contributed by atoms with Crippen LogP contribution in [0, 0.1) is 13.8 Å². The molecule has 1 N–H and O–H groups in total. The first-order valence-electron chi connectivity index (χ1n) is 10.7. The molecule has 0 unspecified atom stereocenters. The Hall–Kier alpha value is -3.52. The molecule has 2 heterocycles. The van der Waals surface area contributed by atoms with E-state index in [0.717, 1.165) is 28.3 Å². The van der Waals surface area contributed by atoms with Crippen LogP contribution in [0.1, 0.15) is 33.4 Å². The molecule has 4 rings (SSSR count). The highest BCUT2D eigenvalue weighted by molar-refractivity contribution is 7.19. The summed E-state index contributed by atoms with van der Waals surface area (Å²) in [5.74, 6) is 1.75. The smallest absolute Gasteiger partial charge is 0.350 e. The summed E-state index contributed by atoms with van der Waals surface area (Å²) in [4.78, 5) is 18.6. The zero-order chi connectivity index (χ0) is 23.5. The molecule has 33 heavy (non-hydrogen) atoms. The molecule has 0 atom stereocenters. The van der Waals surface area contributed by atoms with Crippen molar-refractivity contribution in [3.8, 4) is 22.8 Å². The van der Waals surface area contributed by atoms with E-state index in [0.29, 0.717) is 34.5 Å². The second kappa shape index (κ2) is 9.54. The van der Waals surface area contributed by atoms with Crippen LogP contribution in [0.2, 0.25) is 0 Å². The summed E-state index contributed by atoms with van der Waals surface area (Å²) in [5.41, 5.74) is 4.80. The number of methoxy groups -OCH3 is 2. The average Bonchev–Trinajstić information content (AvgIpc) is 3.35. The molecule has 0 bridgehead atoms. The van der Waals surface area contributed by atoms with Crippen LogP contribution >= 0.6 is 11.3 Å². The highest BCUT2D eigenvalue weighted by atomic mass is 32.1. The maximum atomic E-state index is 12.5. The number of benzene rings is 2. The van der Waals surface area contributed by atoms with Gasteiger partial charge in [0.15, 0.2) is 16.5 Å². The Morgan fingerprint density at radius 1 is 1.06 bits per heavy atom. The lowest BCUT2D eigenvalue weighted by atomic mass is 10.1. The van der Waals surface area contributed by atoms with Crippen molar-refractivity contribution in [3.63, 3.8) is 0 Å². The van der Waals surface area contributed by atoms with Crippen LogP contribution in [-0.4, -0.2) is 36.2 Å². The van der Waals surface area contributed by atoms with Gasteiger partial charge < -0.3 is 19.5 Å². The van der Waals surface area contributed by atoms with Gasteiger partial charge in [0.1, 0.15) is 16.4 Å². The second-order valence-electron chi connectivity index (χ2n) is 7.57. The van der Waals surface area contributed by atoms with Gasteiger partial charge in [-0.3, -0.25) is 4.40 Å². The van der Waals surface area contributed by atoms with Gasteiger partial charge in [0.25, 0.3) is 0 Å². The molecule has 0 fully saturated rings. The van der Waals surface area contributed by atoms with Crippen LogP contribution in [0.4, 0.5) is 5.82 Å². The number of carbonyl (C=O) groups excluding carboxylic acids is 1. The van der Waals surface area contributed by atoms with Gasteiger partial charge in [-0.15, -0.1) is 0 Å². The molecule has 172 valence electrons. The SMILES string of the molecule is CCOC(=O)c1sc2nc(-c3ccc(OC)c(OC)c3)c(NCc3ccc(C)cc3)n2c1C. The Labute approximate surface area is 196 Å². The lowest BCUT2D eigenvalue weighted by Crippen LogP contribution is -2.07. The molecule has 0 aliphatic carbocycles. The number of hydrogen-bond donors (Lipinski definition) is 1. The van der Waals surface area contributed by atoms with Crippen molar-refractivity contribution in [2.24, 2.45) is 0 Å². The fourth-order valence-corrected chi connectivity index (χ4v) is 4.69. The minimum atomic E-state index is -0.331. The molecule has 0 saturated carbocycles. The number of nitrogens with zero attached hydrogens (tertiary/aromatic N) is 2. The topological polar surface area (TPSA) is 74.1 Å². The van der Waals surface area contributed by atoms with Crippen molar-refractivity contribution < 1.29 is 19.0 Å². The number of thiazole rings is 1. The lowest BCUT2D eigenvalue weighted by molar-refractivity contribution is 0.0531. The van der Waals surface area contributed by atoms with Gasteiger partial charge >= 0.3 is 5.97 Å². The number of ether oxygens (including phenoxy) is 3. The van der Waals surface area contributed by atoms with Gasteiger partial charge in [0.2, 0.25) is 0 Å². The van der Waals surface area contributed by atoms with E-state index in [2.05, 4.69) is 36.5 Å². The van der Waals surface area contributed by atoms with Crippen molar-refractivity contribution in [2.75, 3.05) is 26.1 Å². The molecular weight excluding hydrogens is 438 g/mol. The Morgan fingerprint density at radius 3 is 2.45 bits per heavy atom. The lowest BCUT2D eigenvalue weighted by Gasteiger charge is -2.12. The molecule has 0 amide bonds. The number of carbonyl (C=O) groups is 1. The standard InChI is InChI=1S/C25H27N3O4S/c1-6-32-24(29)22-16(3)28-23(26-14-17-9-7-15(2)8-10-17)21(27-25(28)33-22)18-11-12-19(30-4)20(13-18)31-5/h7-13,26H,6,14H2,1-5H3. The molecule has 4 aromatic rings. The number of rotatable bonds is 8. The van der Waals surface area contributed by atoms with E-state index in [4.69, 9.17) is 19.2 Å². The minimum absolute atomic E-state index is 0.327. The van der Waals surface area contributed by atoms with Gasteiger partial charge in [0.05, 0.1) is 20.8 Å². The number of fused-ring (bicyclic) bond motifs is 1. The summed E-state index contributed by atoms with van der Waals surface area (Å²) in [5, 5.41) is 3.54. The number of esters is 1. The highest BCUT2D eigenvalue weighted by Crippen LogP contribution is 2.38. The van der Waals surface area contributed by atoms with Gasteiger partial charge in [0, 0.05) is 17.8 Å². The summed E-state index contributed by atoms with van der Waals surface area (Å²) in [7, 11) is 3.22. The van der Waals surface area contributed by atoms with E-state index in [1.165, 1.54) is 16.9 Å². The molecular formula is C25H27N3O4S. The molecule has 0 spiro atoms. The molecule has 7 nitrogen and oxygen atoms in total. The Kier molecular flexibility index (Phi) is 6.55. The van der Waals surface area contributed by atoms with Crippen LogP contribution < -0.4 is 14.8 Å². The van der Waals surface area contributed by atoms with E-state index in [-0.39, 0.29) is 5.97 Å². The van der Waals surface area contributed by atoms with Crippen LogP contribution in [0.15, 0.2) is 42.5 Å². The summed E-state index contributed by atoms with van der Waals surface area (Å²) in [6.45, 7) is 6.72. The Bertz CT molecular complexity index is 1290. The maximum Gasteiger partial charge on any atom is 0.350 e. The van der Waals surface area contributed by atoms with Crippen molar-refractivity contribution in [2.45, 2.75) is 27.3 Å². The maximum absolute atomic E-state index is 12.5. The van der Waals surface area contributed by atoms with E-state index >= 15 is 0 Å². The van der Waals surface area contributed by atoms with E-state index in [9.17, 15) is 4.79 Å². The number of anilines is 1. The number of imidazole rings is 1. The zero-order valence-corrected chi connectivity index (χ0v) is 20.2. The first-order valence-corrected chi connectivity index (χ1v) is 11.5. The zero-order valence-electron chi connectivity index (χ0n) is 19.4. The molecule has 0 radical (unpaired) electrons. The minimum Gasteiger partial charge on any atom is -0.493 e. The molecule has 0 aliphatic heterocycles. The van der Waals surface area contributed by atoms with E-state index < -0.39 is 0 Å². The number of aromatic nitrogens is 2. The van der Waals surface area contributed by atoms with Gasteiger partial charge in [-0.25, -0.2) is 9.78 Å². The quantitative estimate of drug-likeness (QED) is 0.347. The molecule has 2 aromatic carbocycles. The van der Waals surface area contributed by atoms with Crippen molar-refractivity contribution in [3.05, 3.63) is 64.2 Å². The Morgan fingerprint density at radius 2 is 1.79 bits per heavy atom. The third kappa shape index (κ3) is 4.39. The van der Waals surface area contributed by atoms with Crippen LogP contribution in [0.5, 0.6) is 11.5 Å². The summed E-state index contributed by atoms with van der Waals surface area (Å²) in [6.07, 6.45) is 0. The molecule has 2 aromatic heterocycles. The predicted molar refractivity (Wildman–Crippen MR) is 131 cm³/mol. The first kappa shape index (κ1) is 22.7. The molecule has 0 saturated heterocycles. The Balaban J connectivity index is 1.82. The highest BCUT2D eigenvalue weighted by Gasteiger charge is 2.24. The van der Waals surface area contributed by atoms with E-state index in [1.54, 1.807) is 21.1 Å². The molecule has 8 heteroatoms. The van der Waals surface area contributed by atoms with Crippen molar-refractivity contribution >= 4 is 28.1 Å². The third-order valence-corrected chi connectivity index (χ3v) is 6.53. The largest absolute Gasteiger partial charge is 0.493 e. The fourth-order valence-electron chi connectivity index (χ4n) is 3.67. The van der Waals surface area contributed by atoms with Crippen LogP contribution in [-0.2, 0) is 11.3 Å². The molecule has 0 aliphatic rings. The van der Waals surface area contributed by atoms with E-state index in [1.807, 2.05) is 29.5 Å². The average molecular weight is 466 g/mol. The van der Waals surface area contributed by atoms with Gasteiger partial charge in [-0.1, -0.05) is 41.2 Å². The summed E-state index contributed by atoms with van der Waals surface area (Å²) >= 11 is 1.32. The summed E-state index contributed by atoms with van der Waals surface area (Å²) < 4.78 is 18.1. The third-order valence-electron chi connectivity index (χ3n) is 5.40.